The van der Waals surface area contributed by atoms with Gasteiger partial charge in [-0.15, -0.1) is 0 Å². The Kier molecular flexibility index (Phi) is 8.67. The summed E-state index contributed by atoms with van der Waals surface area (Å²) in [4.78, 5) is 4.95. The minimum absolute atomic E-state index is 0.0509. The highest BCUT2D eigenvalue weighted by atomic mass is 16.5. The number of ether oxygens (including phenoxy) is 1. The lowest BCUT2D eigenvalue weighted by Gasteiger charge is -2.45. The molecule has 0 aliphatic carbocycles. The number of piperidine rings is 1. The molecule has 4 aliphatic heterocycles. The second kappa shape index (κ2) is 11.5. The number of hydrazine groups is 1. The van der Waals surface area contributed by atoms with Gasteiger partial charge >= 0.3 is 0 Å². The first-order valence-corrected chi connectivity index (χ1v) is 12.9. The van der Waals surface area contributed by atoms with Crippen LogP contribution in [-0.4, -0.2) is 99.0 Å². The Bertz CT molecular complexity index is 705. The van der Waals surface area contributed by atoms with Gasteiger partial charge in [-0.05, 0) is 66.7 Å². The third-order valence-electron chi connectivity index (χ3n) is 7.56. The van der Waals surface area contributed by atoms with Crippen molar-refractivity contribution in [3.05, 3.63) is 23.0 Å². The fourth-order valence-corrected chi connectivity index (χ4v) is 5.38. The molecule has 4 rings (SSSR count). The number of hydrogen-bond donors (Lipinski definition) is 5. The van der Waals surface area contributed by atoms with E-state index in [-0.39, 0.29) is 18.6 Å². The molecule has 4 atom stereocenters. The average molecular weight is 463 g/mol. The summed E-state index contributed by atoms with van der Waals surface area (Å²) >= 11 is 0. The topological polar surface area (TPSA) is 79.1 Å². The quantitative estimate of drug-likeness (QED) is 0.249. The van der Waals surface area contributed by atoms with Gasteiger partial charge in [0.1, 0.15) is 12.5 Å². The predicted molar refractivity (Wildman–Crippen MR) is 133 cm³/mol. The molecule has 9 nitrogen and oxygen atoms in total. The van der Waals surface area contributed by atoms with Crippen molar-refractivity contribution in [2.45, 2.75) is 77.2 Å². The van der Waals surface area contributed by atoms with E-state index in [4.69, 9.17) is 4.74 Å². The molecule has 0 aromatic carbocycles. The van der Waals surface area contributed by atoms with E-state index < -0.39 is 0 Å². The molecule has 0 aromatic heterocycles. The van der Waals surface area contributed by atoms with Gasteiger partial charge in [0.25, 0.3) is 0 Å². The van der Waals surface area contributed by atoms with Crippen LogP contribution in [-0.2, 0) is 4.74 Å². The predicted octanol–water partition coefficient (Wildman–Crippen LogP) is 0.517. The van der Waals surface area contributed by atoms with E-state index in [2.05, 4.69) is 82.4 Å². The van der Waals surface area contributed by atoms with Crippen molar-refractivity contribution < 1.29 is 4.74 Å². The molecular formula is C24H46N8O. The second-order valence-corrected chi connectivity index (χ2v) is 9.97. The van der Waals surface area contributed by atoms with Crippen LogP contribution in [0.4, 0.5) is 0 Å². The summed E-state index contributed by atoms with van der Waals surface area (Å²) in [5, 5.41) is 17.6. The molecule has 4 heterocycles. The van der Waals surface area contributed by atoms with E-state index in [1.54, 1.807) is 0 Å². The largest absolute Gasteiger partial charge is 0.380 e. The minimum Gasteiger partial charge on any atom is -0.380 e. The summed E-state index contributed by atoms with van der Waals surface area (Å²) in [5.41, 5.74) is 7.75. The van der Waals surface area contributed by atoms with Gasteiger partial charge in [0.2, 0.25) is 0 Å². The van der Waals surface area contributed by atoms with Crippen molar-refractivity contribution in [1.82, 2.24) is 41.5 Å². The molecular weight excluding hydrogens is 416 g/mol. The van der Waals surface area contributed by atoms with Gasteiger partial charge in [-0.25, -0.2) is 5.43 Å². The van der Waals surface area contributed by atoms with E-state index in [9.17, 15) is 0 Å². The fourth-order valence-electron chi connectivity index (χ4n) is 5.38. The van der Waals surface area contributed by atoms with Crippen LogP contribution in [0.3, 0.4) is 0 Å². The average Bonchev–Trinajstić information content (AvgIpc) is 3.18. The lowest BCUT2D eigenvalue weighted by molar-refractivity contribution is 0.0583. The van der Waals surface area contributed by atoms with Gasteiger partial charge in [-0.1, -0.05) is 18.6 Å². The smallest absolute Gasteiger partial charge is 0.136 e. The molecule has 1 saturated heterocycles. The molecule has 33 heavy (non-hydrogen) atoms. The van der Waals surface area contributed by atoms with Crippen LogP contribution >= 0.6 is 0 Å². The van der Waals surface area contributed by atoms with E-state index in [1.165, 1.54) is 42.9 Å². The van der Waals surface area contributed by atoms with Crippen molar-refractivity contribution in [3.63, 3.8) is 0 Å². The number of rotatable bonds is 9. The standard InChI is InChI=1S/C24H46N8O/c1-6-19-21-22(32(29-19)14-15-33-7-2)23(26-20-9-8-17(3)16-25-20)28-24(27-21)31(5)18-10-12-30(4)13-11-18/h8,18-20,23-29H,6-7,9-16H2,1-5H3. The molecule has 0 bridgehead atoms. The molecule has 0 spiro atoms. The van der Waals surface area contributed by atoms with Gasteiger partial charge in [-0.2, -0.15) is 0 Å². The van der Waals surface area contributed by atoms with Gasteiger partial charge < -0.3 is 20.0 Å². The summed E-state index contributed by atoms with van der Waals surface area (Å²) < 4.78 is 5.69. The maximum Gasteiger partial charge on any atom is 0.136 e. The highest BCUT2D eigenvalue weighted by molar-refractivity contribution is 5.29. The van der Waals surface area contributed by atoms with E-state index in [1.807, 2.05) is 0 Å². The summed E-state index contributed by atoms with van der Waals surface area (Å²) in [6.45, 7) is 12.1. The van der Waals surface area contributed by atoms with Crippen LogP contribution in [0.2, 0.25) is 0 Å². The van der Waals surface area contributed by atoms with Crippen LogP contribution in [0.1, 0.15) is 46.5 Å². The van der Waals surface area contributed by atoms with Crippen LogP contribution in [0.5, 0.6) is 0 Å². The first-order valence-electron chi connectivity index (χ1n) is 12.9. The van der Waals surface area contributed by atoms with Gasteiger partial charge in [0.15, 0.2) is 0 Å². The summed E-state index contributed by atoms with van der Waals surface area (Å²) in [6, 6.07) is 0.874. The Morgan fingerprint density at radius 3 is 2.70 bits per heavy atom. The summed E-state index contributed by atoms with van der Waals surface area (Å²) in [6.07, 6.45) is 7.20. The Hall–Kier alpha value is -1.20. The van der Waals surface area contributed by atoms with Crippen LogP contribution in [0.15, 0.2) is 23.0 Å². The lowest BCUT2D eigenvalue weighted by atomic mass is 10.0. The minimum atomic E-state index is 0.0509. The van der Waals surface area contributed by atoms with Gasteiger partial charge in [-0.3, -0.25) is 20.9 Å². The third kappa shape index (κ3) is 5.90. The molecule has 0 amide bonds. The van der Waals surface area contributed by atoms with Crippen molar-refractivity contribution >= 4 is 0 Å². The first kappa shape index (κ1) is 24.9. The zero-order chi connectivity index (χ0) is 23.4. The van der Waals surface area contributed by atoms with Gasteiger partial charge in [0, 0.05) is 19.2 Å². The number of hydrogen-bond acceptors (Lipinski definition) is 9. The Morgan fingerprint density at radius 2 is 2.03 bits per heavy atom. The normalized spacial score (nSPS) is 31.7. The summed E-state index contributed by atoms with van der Waals surface area (Å²) in [7, 11) is 4.50. The van der Waals surface area contributed by atoms with E-state index in [0.717, 1.165) is 32.5 Å². The maximum absolute atomic E-state index is 5.69. The lowest BCUT2D eigenvalue weighted by Crippen LogP contribution is -2.68. The molecule has 188 valence electrons. The number of nitrogens with zero attached hydrogens (tertiary/aromatic N) is 3. The molecule has 4 aliphatic rings. The van der Waals surface area contributed by atoms with E-state index >= 15 is 0 Å². The Balaban J connectivity index is 1.54. The van der Waals surface area contributed by atoms with Crippen LogP contribution < -0.4 is 26.7 Å². The van der Waals surface area contributed by atoms with Crippen LogP contribution in [0.25, 0.3) is 0 Å². The highest BCUT2D eigenvalue weighted by Crippen LogP contribution is 2.28. The Morgan fingerprint density at radius 1 is 1.24 bits per heavy atom. The second-order valence-electron chi connectivity index (χ2n) is 9.97. The summed E-state index contributed by atoms with van der Waals surface area (Å²) in [5.74, 6) is 0. The van der Waals surface area contributed by atoms with Gasteiger partial charge in [0.05, 0.1) is 36.8 Å². The third-order valence-corrected chi connectivity index (χ3v) is 7.56. The van der Waals surface area contributed by atoms with Crippen molar-refractivity contribution in [2.24, 2.45) is 0 Å². The molecule has 0 aromatic rings. The molecule has 1 fully saturated rings. The van der Waals surface area contributed by atoms with Crippen LogP contribution in [0, 0.1) is 0 Å². The van der Waals surface area contributed by atoms with Crippen molar-refractivity contribution in [3.8, 4) is 0 Å². The number of nitrogens with one attached hydrogen (secondary N) is 5. The highest BCUT2D eigenvalue weighted by Gasteiger charge is 2.42. The Labute approximate surface area is 200 Å². The first-order chi connectivity index (χ1) is 16.0. The zero-order valence-electron chi connectivity index (χ0n) is 21.3. The fraction of sp³-hybridized carbons (Fsp3) is 0.833. The zero-order valence-corrected chi connectivity index (χ0v) is 21.3. The monoisotopic (exact) mass is 462 g/mol. The maximum atomic E-state index is 5.69. The SMILES string of the molecule is CCOCCN1NC(CC)C2=C1C(NC1CC=C(C)CN1)NC(N(C)C1CCN(C)CC1)N2. The van der Waals surface area contributed by atoms with E-state index in [0.29, 0.717) is 18.7 Å². The van der Waals surface area contributed by atoms with Crippen molar-refractivity contribution in [2.75, 3.05) is 53.5 Å². The molecule has 4 unspecified atom stereocenters. The number of likely N-dealkylation sites (tertiary alicyclic amines) is 1. The van der Waals surface area contributed by atoms with Crippen molar-refractivity contribution in [1.29, 1.82) is 0 Å². The molecule has 0 radical (unpaired) electrons. The molecule has 0 saturated carbocycles. The molecule has 5 N–H and O–H groups in total. The molecule has 9 heteroatoms.